The van der Waals surface area contributed by atoms with Crippen LogP contribution < -0.4 is 4.74 Å². The predicted octanol–water partition coefficient (Wildman–Crippen LogP) is 6.28. The minimum atomic E-state index is -4.59. The van der Waals surface area contributed by atoms with Crippen LogP contribution in [0.3, 0.4) is 0 Å². The number of carbonyl (C=O) groups is 1. The van der Waals surface area contributed by atoms with Crippen molar-refractivity contribution in [2.24, 2.45) is 0 Å². The van der Waals surface area contributed by atoms with Crippen LogP contribution in [0.1, 0.15) is 33.1 Å². The van der Waals surface area contributed by atoms with Crippen LogP contribution in [0, 0.1) is 11.3 Å². The summed E-state index contributed by atoms with van der Waals surface area (Å²) in [5.74, 6) is -1.37. The van der Waals surface area contributed by atoms with Gasteiger partial charge in [0, 0.05) is 11.2 Å². The third-order valence-corrected chi connectivity index (χ3v) is 4.66. The van der Waals surface area contributed by atoms with Crippen LogP contribution in [-0.2, 0) is 6.18 Å². The number of nitriles is 1. The summed E-state index contributed by atoms with van der Waals surface area (Å²) >= 11 is 11.7. The molecule has 0 aliphatic heterocycles. The van der Waals surface area contributed by atoms with E-state index in [4.69, 9.17) is 27.9 Å². The van der Waals surface area contributed by atoms with Gasteiger partial charge in [-0.2, -0.15) is 18.4 Å². The second-order valence-electron chi connectivity index (χ2n) is 6.12. The van der Waals surface area contributed by atoms with Gasteiger partial charge in [0.05, 0.1) is 27.9 Å². The minimum absolute atomic E-state index is 0.00178. The maximum Gasteiger partial charge on any atom is 0.417 e. The highest BCUT2D eigenvalue weighted by Gasteiger charge is 2.32. The van der Waals surface area contributed by atoms with Crippen molar-refractivity contribution in [2.75, 3.05) is 0 Å². The fourth-order valence-electron chi connectivity index (χ4n) is 2.59. The molecule has 3 rings (SSSR count). The van der Waals surface area contributed by atoms with Crippen molar-refractivity contribution in [2.45, 2.75) is 12.1 Å². The lowest BCUT2D eigenvalue weighted by Crippen LogP contribution is -2.09. The Kier molecular flexibility index (Phi) is 6.30. The normalized spacial score (nSPS) is 12.1. The average molecular weight is 451 g/mol. The van der Waals surface area contributed by atoms with Gasteiger partial charge in [-0.25, -0.2) is 4.79 Å². The molecule has 0 N–H and O–H groups in total. The highest BCUT2D eigenvalue weighted by atomic mass is 35.5. The Bertz CT molecular complexity index is 1110. The Morgan fingerprint density at radius 3 is 2.23 bits per heavy atom. The van der Waals surface area contributed by atoms with E-state index in [1.165, 1.54) is 36.4 Å². The molecule has 1 atom stereocenters. The van der Waals surface area contributed by atoms with Gasteiger partial charge in [-0.15, -0.1) is 0 Å². The van der Waals surface area contributed by atoms with Gasteiger partial charge in [-0.3, -0.25) is 4.98 Å². The number of hydrogen-bond acceptors (Lipinski definition) is 4. The molecule has 0 bridgehead atoms. The number of rotatable bonds is 4. The molecule has 9 heteroatoms. The first-order valence-corrected chi connectivity index (χ1v) is 9.14. The van der Waals surface area contributed by atoms with E-state index < -0.39 is 23.6 Å². The van der Waals surface area contributed by atoms with Crippen LogP contribution in [0.25, 0.3) is 0 Å². The maximum absolute atomic E-state index is 12.8. The second-order valence-corrected chi connectivity index (χ2v) is 6.96. The summed E-state index contributed by atoms with van der Waals surface area (Å²) in [6, 6.07) is 14.8. The molecule has 0 amide bonds. The molecule has 2 aromatic carbocycles. The summed E-state index contributed by atoms with van der Waals surface area (Å²) in [6.45, 7) is 0. The lowest BCUT2D eigenvalue weighted by Gasteiger charge is -2.13. The number of esters is 1. The molecule has 1 heterocycles. The lowest BCUT2D eigenvalue weighted by atomic mass is 9.96. The van der Waals surface area contributed by atoms with E-state index in [9.17, 15) is 23.2 Å². The molecule has 1 aromatic heterocycles. The Labute approximate surface area is 179 Å². The van der Waals surface area contributed by atoms with Crippen molar-refractivity contribution in [3.63, 3.8) is 0 Å². The largest absolute Gasteiger partial charge is 0.423 e. The van der Waals surface area contributed by atoms with Crippen molar-refractivity contribution in [3.8, 4) is 11.8 Å². The first-order valence-electron chi connectivity index (χ1n) is 8.39. The monoisotopic (exact) mass is 450 g/mol. The maximum atomic E-state index is 12.8. The molecule has 4 nitrogen and oxygen atoms in total. The Morgan fingerprint density at radius 2 is 1.70 bits per heavy atom. The summed E-state index contributed by atoms with van der Waals surface area (Å²) in [5, 5.41) is 9.72. The molecule has 0 aliphatic rings. The van der Waals surface area contributed by atoms with Crippen LogP contribution in [0.15, 0.2) is 60.8 Å². The molecule has 0 saturated carbocycles. The summed E-state index contributed by atoms with van der Waals surface area (Å²) in [6.07, 6.45) is -3.96. The number of nitrogens with zero attached hydrogens (tertiary/aromatic N) is 2. The molecule has 3 aromatic rings. The Balaban J connectivity index is 1.80. The molecule has 0 aliphatic carbocycles. The standard InChI is InChI=1S/C21H11Cl2F3N2O2/c22-15-5-1-13(2-6-15)20(29)30-16-7-3-12(4-8-16)17(10-27)19-18(23)9-14(11-28-19)21(24,25)26/h1-9,11,17H/t17-/m1/s1. The molecule has 0 radical (unpaired) electrons. The predicted molar refractivity (Wildman–Crippen MR) is 105 cm³/mol. The van der Waals surface area contributed by atoms with Gasteiger partial charge in [0.25, 0.3) is 0 Å². The van der Waals surface area contributed by atoms with Crippen molar-refractivity contribution >= 4 is 29.2 Å². The molecular formula is C21H11Cl2F3N2O2. The van der Waals surface area contributed by atoms with E-state index in [0.29, 0.717) is 22.3 Å². The van der Waals surface area contributed by atoms with Crippen LogP contribution in [0.5, 0.6) is 5.75 Å². The van der Waals surface area contributed by atoms with E-state index in [-0.39, 0.29) is 16.5 Å². The summed E-state index contributed by atoms with van der Waals surface area (Å²) in [4.78, 5) is 15.9. The number of benzene rings is 2. The number of pyridine rings is 1. The van der Waals surface area contributed by atoms with Crippen molar-refractivity contribution in [1.29, 1.82) is 5.26 Å². The van der Waals surface area contributed by atoms with E-state index >= 15 is 0 Å². The molecule has 152 valence electrons. The molecule has 0 spiro atoms. The van der Waals surface area contributed by atoms with Crippen LogP contribution >= 0.6 is 23.2 Å². The number of carbonyl (C=O) groups excluding carboxylic acids is 1. The van der Waals surface area contributed by atoms with Crippen LogP contribution in [-0.4, -0.2) is 11.0 Å². The zero-order valence-electron chi connectivity index (χ0n) is 15.0. The average Bonchev–Trinajstić information content (AvgIpc) is 2.70. The van der Waals surface area contributed by atoms with Crippen LogP contribution in [0.4, 0.5) is 13.2 Å². The second kappa shape index (κ2) is 8.74. The third kappa shape index (κ3) is 4.90. The van der Waals surface area contributed by atoms with Gasteiger partial charge in [0.1, 0.15) is 11.7 Å². The van der Waals surface area contributed by atoms with Gasteiger partial charge in [0.2, 0.25) is 0 Å². The fraction of sp³-hybridized carbons (Fsp3) is 0.0952. The van der Waals surface area contributed by atoms with Crippen LogP contribution in [0.2, 0.25) is 10.0 Å². The summed E-state index contributed by atoms with van der Waals surface area (Å²) < 4.78 is 43.6. The van der Waals surface area contributed by atoms with Gasteiger partial charge in [-0.1, -0.05) is 35.3 Å². The number of alkyl halides is 3. The van der Waals surface area contributed by atoms with Gasteiger partial charge in [0.15, 0.2) is 0 Å². The Morgan fingerprint density at radius 1 is 1.07 bits per heavy atom. The molecule has 0 saturated heterocycles. The summed E-state index contributed by atoms with van der Waals surface area (Å²) in [5.41, 5.74) is -0.271. The quantitative estimate of drug-likeness (QED) is 0.346. The van der Waals surface area contributed by atoms with E-state index in [1.807, 2.05) is 6.07 Å². The van der Waals surface area contributed by atoms with Gasteiger partial charge >= 0.3 is 12.1 Å². The zero-order chi connectivity index (χ0) is 21.9. The third-order valence-electron chi connectivity index (χ3n) is 4.10. The van der Waals surface area contributed by atoms with Crippen molar-refractivity contribution in [1.82, 2.24) is 4.98 Å². The number of hydrogen-bond donors (Lipinski definition) is 0. The van der Waals surface area contributed by atoms with Gasteiger partial charge < -0.3 is 4.74 Å². The van der Waals surface area contributed by atoms with E-state index in [2.05, 4.69) is 4.98 Å². The molecule has 0 unspecified atom stereocenters. The highest BCUT2D eigenvalue weighted by Crippen LogP contribution is 2.34. The van der Waals surface area contributed by atoms with Crippen molar-refractivity contribution < 1.29 is 22.7 Å². The zero-order valence-corrected chi connectivity index (χ0v) is 16.5. The smallest absolute Gasteiger partial charge is 0.417 e. The first-order chi connectivity index (χ1) is 14.2. The molecule has 30 heavy (non-hydrogen) atoms. The number of aromatic nitrogens is 1. The van der Waals surface area contributed by atoms with E-state index in [0.717, 1.165) is 6.07 Å². The SMILES string of the molecule is N#C[C@H](c1ccc(OC(=O)c2ccc(Cl)cc2)cc1)c1ncc(C(F)(F)F)cc1Cl. The lowest BCUT2D eigenvalue weighted by molar-refractivity contribution is -0.137. The first kappa shape index (κ1) is 21.6. The number of ether oxygens (including phenoxy) is 1. The summed E-state index contributed by atoms with van der Waals surface area (Å²) in [7, 11) is 0. The fourth-order valence-corrected chi connectivity index (χ4v) is 2.99. The molecule has 0 fully saturated rings. The van der Waals surface area contributed by atoms with E-state index in [1.54, 1.807) is 12.1 Å². The minimum Gasteiger partial charge on any atom is -0.423 e. The molecular weight excluding hydrogens is 440 g/mol. The number of halogens is 5. The van der Waals surface area contributed by atoms with Gasteiger partial charge in [-0.05, 0) is 48.0 Å². The highest BCUT2D eigenvalue weighted by molar-refractivity contribution is 6.31. The Hall–Kier alpha value is -3.08. The topological polar surface area (TPSA) is 63.0 Å². The van der Waals surface area contributed by atoms with Crippen molar-refractivity contribution in [3.05, 3.63) is 93.2 Å².